The Labute approximate surface area is 147 Å². The molecule has 3 aromatic rings. The second kappa shape index (κ2) is 7.11. The lowest BCUT2D eigenvalue weighted by atomic mass is 9.94. The molecule has 0 radical (unpaired) electrons. The van der Waals surface area contributed by atoms with Crippen molar-refractivity contribution in [2.45, 2.75) is 32.2 Å². The quantitative estimate of drug-likeness (QED) is 0.734. The number of aromatic nitrogens is 5. The normalized spacial score (nSPS) is 18.4. The first-order chi connectivity index (χ1) is 12.3. The van der Waals surface area contributed by atoms with Crippen molar-refractivity contribution in [2.24, 2.45) is 0 Å². The van der Waals surface area contributed by atoms with E-state index in [1.807, 2.05) is 29.4 Å². The number of likely N-dealkylation sites (tertiary alicyclic amines) is 1. The summed E-state index contributed by atoms with van der Waals surface area (Å²) in [6.45, 7) is 5.17. The fraction of sp³-hybridized carbons (Fsp3) is 0.368. The third-order valence-electron chi connectivity index (χ3n) is 4.67. The van der Waals surface area contributed by atoms with Crippen molar-refractivity contribution in [3.63, 3.8) is 0 Å². The van der Waals surface area contributed by atoms with Crippen LogP contribution in [0.5, 0.6) is 0 Å². The predicted octanol–water partition coefficient (Wildman–Crippen LogP) is 2.75. The number of aryl methyl sites for hydroxylation is 1. The average Bonchev–Trinajstić information content (AvgIpc) is 3.17. The highest BCUT2D eigenvalue weighted by Gasteiger charge is 2.23. The van der Waals surface area contributed by atoms with E-state index in [9.17, 15) is 0 Å². The van der Waals surface area contributed by atoms with Crippen LogP contribution in [0.2, 0.25) is 0 Å². The third kappa shape index (κ3) is 3.74. The first-order valence-corrected chi connectivity index (χ1v) is 8.71. The summed E-state index contributed by atoms with van der Waals surface area (Å²) in [4.78, 5) is 20.1. The molecule has 6 heteroatoms. The van der Waals surface area contributed by atoms with Gasteiger partial charge in [-0.25, -0.2) is 9.97 Å². The Morgan fingerprint density at radius 1 is 1.12 bits per heavy atom. The number of imidazole rings is 1. The first kappa shape index (κ1) is 15.9. The van der Waals surface area contributed by atoms with Crippen LogP contribution in [0.4, 0.5) is 0 Å². The van der Waals surface area contributed by atoms with Gasteiger partial charge in [0.2, 0.25) is 0 Å². The molecule has 1 aliphatic heterocycles. The second-order valence-electron chi connectivity index (χ2n) is 6.72. The SMILES string of the molecule is Cc1cncc(CN2CCC[C@H](c3cncc(-n4ccnc4)n3)C2)c1. The summed E-state index contributed by atoms with van der Waals surface area (Å²) in [5, 5.41) is 0. The fourth-order valence-electron chi connectivity index (χ4n) is 3.49. The zero-order valence-corrected chi connectivity index (χ0v) is 14.4. The van der Waals surface area contributed by atoms with E-state index in [4.69, 9.17) is 4.98 Å². The second-order valence-corrected chi connectivity index (χ2v) is 6.72. The van der Waals surface area contributed by atoms with Gasteiger partial charge in [-0.3, -0.25) is 19.4 Å². The predicted molar refractivity (Wildman–Crippen MR) is 95.4 cm³/mol. The van der Waals surface area contributed by atoms with Crippen molar-refractivity contribution in [1.29, 1.82) is 0 Å². The van der Waals surface area contributed by atoms with Crippen LogP contribution in [0.15, 0.2) is 49.6 Å². The lowest BCUT2D eigenvalue weighted by Gasteiger charge is -2.32. The maximum atomic E-state index is 4.82. The van der Waals surface area contributed by atoms with Gasteiger partial charge in [0.15, 0.2) is 5.82 Å². The molecule has 1 aliphatic rings. The minimum Gasteiger partial charge on any atom is -0.298 e. The molecule has 128 valence electrons. The van der Waals surface area contributed by atoms with Gasteiger partial charge < -0.3 is 0 Å². The van der Waals surface area contributed by atoms with Gasteiger partial charge in [-0.1, -0.05) is 6.07 Å². The van der Waals surface area contributed by atoms with Gasteiger partial charge in [0.05, 0.1) is 11.9 Å². The van der Waals surface area contributed by atoms with Crippen molar-refractivity contribution < 1.29 is 0 Å². The Hall–Kier alpha value is -2.60. The molecule has 0 bridgehead atoms. The Morgan fingerprint density at radius 3 is 2.88 bits per heavy atom. The number of piperidine rings is 1. The molecule has 0 amide bonds. The number of rotatable bonds is 4. The molecule has 0 aromatic carbocycles. The monoisotopic (exact) mass is 334 g/mol. The summed E-state index contributed by atoms with van der Waals surface area (Å²) in [5.74, 6) is 1.25. The summed E-state index contributed by atoms with van der Waals surface area (Å²) < 4.78 is 1.90. The van der Waals surface area contributed by atoms with E-state index in [-0.39, 0.29) is 0 Å². The van der Waals surface area contributed by atoms with E-state index >= 15 is 0 Å². The van der Waals surface area contributed by atoms with Crippen LogP contribution in [0.3, 0.4) is 0 Å². The maximum absolute atomic E-state index is 4.82. The Morgan fingerprint density at radius 2 is 2.04 bits per heavy atom. The Kier molecular flexibility index (Phi) is 4.52. The Bertz CT molecular complexity index is 829. The molecule has 0 N–H and O–H groups in total. The minimum absolute atomic E-state index is 0.419. The highest BCUT2D eigenvalue weighted by atomic mass is 15.1. The van der Waals surface area contributed by atoms with Crippen molar-refractivity contribution in [1.82, 2.24) is 29.4 Å². The van der Waals surface area contributed by atoms with Gasteiger partial charge in [-0.15, -0.1) is 0 Å². The van der Waals surface area contributed by atoms with Gasteiger partial charge in [-0.2, -0.15) is 0 Å². The molecular weight excluding hydrogens is 312 g/mol. The van der Waals surface area contributed by atoms with E-state index in [1.165, 1.54) is 17.5 Å². The van der Waals surface area contributed by atoms with Crippen molar-refractivity contribution in [2.75, 3.05) is 13.1 Å². The van der Waals surface area contributed by atoms with E-state index < -0.39 is 0 Å². The number of hydrogen-bond acceptors (Lipinski definition) is 5. The summed E-state index contributed by atoms with van der Waals surface area (Å²) in [6, 6.07) is 2.22. The number of nitrogens with zero attached hydrogens (tertiary/aromatic N) is 6. The van der Waals surface area contributed by atoms with Gasteiger partial charge in [0, 0.05) is 50.0 Å². The van der Waals surface area contributed by atoms with E-state index in [1.54, 1.807) is 18.7 Å². The lowest BCUT2D eigenvalue weighted by Crippen LogP contribution is -2.34. The molecule has 0 spiro atoms. The van der Waals surface area contributed by atoms with Crippen molar-refractivity contribution >= 4 is 0 Å². The fourth-order valence-corrected chi connectivity index (χ4v) is 3.49. The molecule has 25 heavy (non-hydrogen) atoms. The molecule has 1 fully saturated rings. The minimum atomic E-state index is 0.419. The summed E-state index contributed by atoms with van der Waals surface area (Å²) in [7, 11) is 0. The molecule has 3 aromatic heterocycles. The zero-order chi connectivity index (χ0) is 17.1. The van der Waals surface area contributed by atoms with Crippen LogP contribution in [-0.4, -0.2) is 42.5 Å². The van der Waals surface area contributed by atoms with Gasteiger partial charge in [0.1, 0.15) is 6.33 Å². The molecule has 6 nitrogen and oxygen atoms in total. The standard InChI is InChI=1S/C19H22N6/c1-15-7-16(9-21-8-15)12-24-5-2-3-17(13-24)18-10-22-11-19(23-18)25-6-4-20-14-25/h4,6-11,14,17H,2-3,5,12-13H2,1H3/t17-/m0/s1. The molecule has 0 aliphatic carbocycles. The van der Waals surface area contributed by atoms with Crippen LogP contribution in [-0.2, 0) is 6.54 Å². The highest BCUT2D eigenvalue weighted by molar-refractivity contribution is 5.22. The zero-order valence-electron chi connectivity index (χ0n) is 14.4. The van der Waals surface area contributed by atoms with Crippen LogP contribution >= 0.6 is 0 Å². The molecule has 0 unspecified atom stereocenters. The highest BCUT2D eigenvalue weighted by Crippen LogP contribution is 2.26. The Balaban J connectivity index is 1.49. The summed E-state index contributed by atoms with van der Waals surface area (Å²) in [6.07, 6.45) is 15.3. The van der Waals surface area contributed by atoms with Gasteiger partial charge >= 0.3 is 0 Å². The lowest BCUT2D eigenvalue weighted by molar-refractivity contribution is 0.198. The number of hydrogen-bond donors (Lipinski definition) is 0. The van der Waals surface area contributed by atoms with Gasteiger partial charge in [0.25, 0.3) is 0 Å². The molecule has 1 atom stereocenters. The summed E-state index contributed by atoms with van der Waals surface area (Å²) in [5.41, 5.74) is 3.56. The largest absolute Gasteiger partial charge is 0.298 e. The summed E-state index contributed by atoms with van der Waals surface area (Å²) >= 11 is 0. The molecule has 4 heterocycles. The van der Waals surface area contributed by atoms with Crippen LogP contribution < -0.4 is 0 Å². The van der Waals surface area contributed by atoms with Crippen LogP contribution in [0, 0.1) is 6.92 Å². The van der Waals surface area contributed by atoms with E-state index in [2.05, 4.69) is 32.8 Å². The molecule has 1 saturated heterocycles. The molecule has 4 rings (SSSR count). The maximum Gasteiger partial charge on any atom is 0.156 e. The van der Waals surface area contributed by atoms with Crippen LogP contribution in [0.1, 0.15) is 35.6 Å². The van der Waals surface area contributed by atoms with Gasteiger partial charge in [-0.05, 0) is 37.4 Å². The topological polar surface area (TPSA) is 59.7 Å². The van der Waals surface area contributed by atoms with Crippen molar-refractivity contribution in [3.05, 3.63) is 66.4 Å². The molecule has 0 saturated carbocycles. The molecular formula is C19H22N6. The van der Waals surface area contributed by atoms with Crippen molar-refractivity contribution in [3.8, 4) is 5.82 Å². The average molecular weight is 334 g/mol. The van der Waals surface area contributed by atoms with E-state index in [0.29, 0.717) is 5.92 Å². The van der Waals surface area contributed by atoms with E-state index in [0.717, 1.165) is 37.6 Å². The van der Waals surface area contributed by atoms with Crippen LogP contribution in [0.25, 0.3) is 5.82 Å². The first-order valence-electron chi connectivity index (χ1n) is 8.71. The number of pyridine rings is 1. The smallest absolute Gasteiger partial charge is 0.156 e. The third-order valence-corrected chi connectivity index (χ3v) is 4.67.